The molecule has 1 N–H and O–H groups in total. The molecule has 0 aromatic heterocycles. The molecule has 0 spiro atoms. The molecule has 0 aliphatic rings. The molecule has 2 nitrogen and oxygen atoms in total. The Morgan fingerprint density at radius 1 is 1.00 bits per heavy atom. The van der Waals surface area contributed by atoms with Crippen molar-refractivity contribution in [3.8, 4) is 0 Å². The molecule has 20 heavy (non-hydrogen) atoms. The summed E-state index contributed by atoms with van der Waals surface area (Å²) in [6.45, 7) is 0. The highest BCUT2D eigenvalue weighted by atomic mass is 35.5. The molecular weight excluding hydrogens is 337 g/mol. The van der Waals surface area contributed by atoms with Crippen LogP contribution in [0.15, 0.2) is 47.4 Å². The van der Waals surface area contributed by atoms with Crippen molar-refractivity contribution in [2.24, 2.45) is 0 Å². The zero-order valence-corrected chi connectivity index (χ0v) is 13.3. The molecule has 1 amide bonds. The number of carbonyl (C=O) groups excluding carboxylic acids is 1. The molecule has 6 heteroatoms. The molecule has 0 saturated carbocycles. The van der Waals surface area contributed by atoms with Gasteiger partial charge in [-0.2, -0.15) is 0 Å². The van der Waals surface area contributed by atoms with E-state index in [-0.39, 0.29) is 11.7 Å². The van der Waals surface area contributed by atoms with E-state index in [2.05, 4.69) is 5.32 Å². The topological polar surface area (TPSA) is 29.1 Å². The van der Waals surface area contributed by atoms with Gasteiger partial charge in [0.05, 0.1) is 20.8 Å². The van der Waals surface area contributed by atoms with Crippen molar-refractivity contribution >= 4 is 58.2 Å². The molecule has 104 valence electrons. The van der Waals surface area contributed by atoms with Gasteiger partial charge in [-0.1, -0.05) is 53.0 Å². The van der Waals surface area contributed by atoms with Crippen LogP contribution in [-0.4, -0.2) is 11.7 Å². The third kappa shape index (κ3) is 4.32. The first-order valence-corrected chi connectivity index (χ1v) is 7.80. The van der Waals surface area contributed by atoms with Crippen LogP contribution in [0.3, 0.4) is 0 Å². The molecule has 0 heterocycles. The number of anilines is 1. The van der Waals surface area contributed by atoms with Gasteiger partial charge < -0.3 is 5.32 Å². The van der Waals surface area contributed by atoms with Crippen LogP contribution in [0.4, 0.5) is 5.69 Å². The first-order valence-electron chi connectivity index (χ1n) is 5.68. The molecule has 0 fully saturated rings. The SMILES string of the molecule is O=C(CSc1cc(Cl)c(Cl)cc1Cl)Nc1ccccc1. The Kier molecular flexibility index (Phi) is 5.61. The maximum Gasteiger partial charge on any atom is 0.234 e. The van der Waals surface area contributed by atoms with Crippen LogP contribution in [0.5, 0.6) is 0 Å². The molecule has 0 aliphatic carbocycles. The van der Waals surface area contributed by atoms with E-state index in [0.29, 0.717) is 15.1 Å². The van der Waals surface area contributed by atoms with Gasteiger partial charge in [-0.15, -0.1) is 11.8 Å². The monoisotopic (exact) mass is 345 g/mol. The summed E-state index contributed by atoms with van der Waals surface area (Å²) in [7, 11) is 0. The van der Waals surface area contributed by atoms with Gasteiger partial charge in [-0.3, -0.25) is 4.79 Å². The van der Waals surface area contributed by atoms with E-state index in [1.54, 1.807) is 12.1 Å². The lowest BCUT2D eigenvalue weighted by Crippen LogP contribution is -2.13. The standard InChI is InChI=1S/C14H10Cl3NOS/c15-10-6-12(17)13(7-11(10)16)20-8-14(19)18-9-4-2-1-3-5-9/h1-7H,8H2,(H,18,19). The van der Waals surface area contributed by atoms with Crippen LogP contribution >= 0.6 is 46.6 Å². The maximum atomic E-state index is 11.8. The number of amides is 1. The number of hydrogen-bond donors (Lipinski definition) is 1. The Balaban J connectivity index is 1.95. The van der Waals surface area contributed by atoms with Gasteiger partial charge in [0.2, 0.25) is 5.91 Å². The number of hydrogen-bond acceptors (Lipinski definition) is 2. The Bertz CT molecular complexity index is 619. The molecule has 0 bridgehead atoms. The molecule has 2 rings (SSSR count). The van der Waals surface area contributed by atoms with Gasteiger partial charge >= 0.3 is 0 Å². The van der Waals surface area contributed by atoms with Crippen molar-refractivity contribution in [2.75, 3.05) is 11.1 Å². The predicted octanol–water partition coefficient (Wildman–Crippen LogP) is 5.38. The van der Waals surface area contributed by atoms with Gasteiger partial charge in [0.25, 0.3) is 0 Å². The van der Waals surface area contributed by atoms with Gasteiger partial charge in [-0.05, 0) is 24.3 Å². The van der Waals surface area contributed by atoms with Crippen LogP contribution < -0.4 is 5.32 Å². The molecule has 0 atom stereocenters. The number of benzene rings is 2. The van der Waals surface area contributed by atoms with Crippen molar-refractivity contribution in [3.05, 3.63) is 57.5 Å². The normalized spacial score (nSPS) is 10.3. The number of rotatable bonds is 4. The molecule has 0 radical (unpaired) electrons. The average Bonchev–Trinajstić information content (AvgIpc) is 2.42. The highest BCUT2D eigenvalue weighted by Gasteiger charge is 2.09. The number of nitrogens with one attached hydrogen (secondary N) is 1. The quantitative estimate of drug-likeness (QED) is 0.595. The van der Waals surface area contributed by atoms with Crippen LogP contribution in [0, 0.1) is 0 Å². The second-order valence-electron chi connectivity index (χ2n) is 3.90. The molecule has 0 aliphatic heterocycles. The van der Waals surface area contributed by atoms with Crippen LogP contribution in [-0.2, 0) is 4.79 Å². The van der Waals surface area contributed by atoms with E-state index in [1.165, 1.54) is 11.8 Å². The van der Waals surface area contributed by atoms with Crippen LogP contribution in [0.25, 0.3) is 0 Å². The Labute approximate surface area is 136 Å². The van der Waals surface area contributed by atoms with E-state index in [0.717, 1.165) is 10.6 Å². The molecule has 2 aromatic rings. The lowest BCUT2D eigenvalue weighted by atomic mass is 10.3. The molecular formula is C14H10Cl3NOS. The second kappa shape index (κ2) is 7.23. The fourth-order valence-corrected chi connectivity index (χ4v) is 3.01. The highest BCUT2D eigenvalue weighted by molar-refractivity contribution is 8.00. The van der Waals surface area contributed by atoms with Crippen molar-refractivity contribution in [1.82, 2.24) is 0 Å². The largest absolute Gasteiger partial charge is 0.325 e. The highest BCUT2D eigenvalue weighted by Crippen LogP contribution is 2.34. The van der Waals surface area contributed by atoms with Gasteiger partial charge in [0.1, 0.15) is 0 Å². The Morgan fingerprint density at radius 3 is 2.35 bits per heavy atom. The fourth-order valence-electron chi connectivity index (χ4n) is 1.48. The minimum absolute atomic E-state index is 0.108. The average molecular weight is 347 g/mol. The van der Waals surface area contributed by atoms with Crippen molar-refractivity contribution in [1.29, 1.82) is 0 Å². The summed E-state index contributed by atoms with van der Waals surface area (Å²) in [6.07, 6.45) is 0. The summed E-state index contributed by atoms with van der Waals surface area (Å²) < 4.78 is 0. The lowest BCUT2D eigenvalue weighted by Gasteiger charge is -2.07. The molecule has 0 saturated heterocycles. The number of para-hydroxylation sites is 1. The third-order valence-electron chi connectivity index (χ3n) is 2.39. The lowest BCUT2D eigenvalue weighted by molar-refractivity contribution is -0.113. The van der Waals surface area contributed by atoms with Crippen molar-refractivity contribution < 1.29 is 4.79 Å². The smallest absolute Gasteiger partial charge is 0.234 e. The Hall–Kier alpha value is -0.870. The van der Waals surface area contributed by atoms with Crippen molar-refractivity contribution in [2.45, 2.75) is 4.90 Å². The van der Waals surface area contributed by atoms with E-state index in [9.17, 15) is 4.79 Å². The summed E-state index contributed by atoms with van der Waals surface area (Å²) in [5.74, 6) is 0.135. The first-order chi connectivity index (χ1) is 9.56. The van der Waals surface area contributed by atoms with Crippen LogP contribution in [0.1, 0.15) is 0 Å². The maximum absolute atomic E-state index is 11.8. The zero-order chi connectivity index (χ0) is 14.5. The fraction of sp³-hybridized carbons (Fsp3) is 0.0714. The summed E-state index contributed by atoms with van der Waals surface area (Å²) in [5.41, 5.74) is 0.762. The minimum atomic E-state index is -0.108. The summed E-state index contributed by atoms with van der Waals surface area (Å²) in [5, 5.41) is 4.10. The third-order valence-corrected chi connectivity index (χ3v) is 4.59. The van der Waals surface area contributed by atoms with E-state index < -0.39 is 0 Å². The van der Waals surface area contributed by atoms with E-state index >= 15 is 0 Å². The van der Waals surface area contributed by atoms with Gasteiger partial charge in [0.15, 0.2) is 0 Å². The zero-order valence-electron chi connectivity index (χ0n) is 10.2. The number of halogens is 3. The molecule has 2 aromatic carbocycles. The number of carbonyl (C=O) groups is 1. The summed E-state index contributed by atoms with van der Waals surface area (Å²) >= 11 is 19.1. The Morgan fingerprint density at radius 2 is 1.65 bits per heavy atom. The van der Waals surface area contributed by atoms with Gasteiger partial charge in [0, 0.05) is 10.6 Å². The first kappa shape index (κ1) is 15.5. The predicted molar refractivity (Wildman–Crippen MR) is 87.3 cm³/mol. The molecule has 0 unspecified atom stereocenters. The second-order valence-corrected chi connectivity index (χ2v) is 6.14. The summed E-state index contributed by atoms with van der Waals surface area (Å²) in [6, 6.07) is 12.5. The van der Waals surface area contributed by atoms with Crippen molar-refractivity contribution in [3.63, 3.8) is 0 Å². The van der Waals surface area contributed by atoms with Crippen LogP contribution in [0.2, 0.25) is 15.1 Å². The van der Waals surface area contributed by atoms with E-state index in [4.69, 9.17) is 34.8 Å². The number of thioether (sulfide) groups is 1. The minimum Gasteiger partial charge on any atom is -0.325 e. The van der Waals surface area contributed by atoms with Gasteiger partial charge in [-0.25, -0.2) is 0 Å². The summed E-state index contributed by atoms with van der Waals surface area (Å²) in [4.78, 5) is 12.5. The van der Waals surface area contributed by atoms with E-state index in [1.807, 2.05) is 30.3 Å².